The Bertz CT molecular complexity index is 610. The van der Waals surface area contributed by atoms with E-state index < -0.39 is 6.04 Å². The van der Waals surface area contributed by atoms with Crippen LogP contribution in [0.25, 0.3) is 0 Å². The zero-order valence-electron chi connectivity index (χ0n) is 12.5. The number of aromatic nitrogens is 2. The van der Waals surface area contributed by atoms with Crippen LogP contribution in [0, 0.1) is 6.92 Å². The molecule has 0 bridgehead atoms. The van der Waals surface area contributed by atoms with Crippen molar-refractivity contribution < 1.29 is 4.79 Å². The molecule has 1 amide bonds. The third-order valence-corrected chi connectivity index (χ3v) is 3.40. The fraction of sp³-hybridized carbons (Fsp3) is 0.333. The third kappa shape index (κ3) is 3.62. The van der Waals surface area contributed by atoms with Crippen molar-refractivity contribution in [2.24, 2.45) is 12.8 Å². The summed E-state index contributed by atoms with van der Waals surface area (Å²) >= 11 is 0. The molecule has 0 aliphatic rings. The number of halogens is 1. The first kappa shape index (κ1) is 17.2. The maximum Gasteiger partial charge on any atom is 0.247 e. The number of nitrogens with zero attached hydrogens (tertiary/aromatic N) is 2. The fourth-order valence-electron chi connectivity index (χ4n) is 2.20. The van der Waals surface area contributed by atoms with Crippen molar-refractivity contribution in [3.63, 3.8) is 0 Å². The van der Waals surface area contributed by atoms with Crippen LogP contribution in [0.1, 0.15) is 29.8 Å². The van der Waals surface area contributed by atoms with E-state index in [0.717, 1.165) is 23.2 Å². The Morgan fingerprint density at radius 2 is 2.00 bits per heavy atom. The fourth-order valence-corrected chi connectivity index (χ4v) is 2.20. The van der Waals surface area contributed by atoms with Gasteiger partial charge in [0.1, 0.15) is 11.9 Å². The second-order valence-electron chi connectivity index (χ2n) is 4.78. The van der Waals surface area contributed by atoms with Gasteiger partial charge in [0.2, 0.25) is 5.91 Å². The van der Waals surface area contributed by atoms with Crippen molar-refractivity contribution in [3.05, 3.63) is 47.2 Å². The Labute approximate surface area is 130 Å². The monoisotopic (exact) mass is 308 g/mol. The summed E-state index contributed by atoms with van der Waals surface area (Å²) in [5.41, 5.74) is 8.75. The highest BCUT2D eigenvalue weighted by Crippen LogP contribution is 2.20. The van der Waals surface area contributed by atoms with Crippen LogP contribution in [0.4, 0.5) is 5.82 Å². The average molecular weight is 309 g/mol. The Hall–Kier alpha value is -1.85. The number of benzene rings is 1. The zero-order valence-corrected chi connectivity index (χ0v) is 13.3. The van der Waals surface area contributed by atoms with Gasteiger partial charge in [-0.1, -0.05) is 37.3 Å². The number of hydrogen-bond donors (Lipinski definition) is 2. The van der Waals surface area contributed by atoms with Gasteiger partial charge in [0.05, 0.1) is 5.69 Å². The van der Waals surface area contributed by atoms with Gasteiger partial charge in [-0.05, 0) is 18.9 Å². The normalized spacial score (nSPS) is 11.6. The average Bonchev–Trinajstić information content (AvgIpc) is 2.74. The van der Waals surface area contributed by atoms with Crippen LogP contribution in [0.15, 0.2) is 30.3 Å². The lowest BCUT2D eigenvalue weighted by atomic mass is 10.1. The lowest BCUT2D eigenvalue weighted by molar-refractivity contribution is -0.117. The summed E-state index contributed by atoms with van der Waals surface area (Å²) in [4.78, 5) is 12.2. The number of carbonyl (C=O) groups is 1. The summed E-state index contributed by atoms with van der Waals surface area (Å²) in [7, 11) is 1.82. The lowest BCUT2D eigenvalue weighted by Crippen LogP contribution is -2.28. The zero-order chi connectivity index (χ0) is 14.7. The number of rotatable bonds is 4. The molecule has 0 aliphatic carbocycles. The Morgan fingerprint density at radius 3 is 2.52 bits per heavy atom. The molecule has 1 atom stereocenters. The molecule has 0 fully saturated rings. The highest BCUT2D eigenvalue weighted by atomic mass is 35.5. The molecule has 6 heteroatoms. The summed E-state index contributed by atoms with van der Waals surface area (Å²) in [5.74, 6) is 0.475. The van der Waals surface area contributed by atoms with Gasteiger partial charge in [-0.2, -0.15) is 5.10 Å². The maximum atomic E-state index is 12.2. The van der Waals surface area contributed by atoms with Crippen molar-refractivity contribution in [1.29, 1.82) is 0 Å². The number of nitrogens with one attached hydrogen (secondary N) is 1. The molecule has 1 heterocycles. The quantitative estimate of drug-likeness (QED) is 0.910. The largest absolute Gasteiger partial charge is 0.316 e. The molecule has 5 nitrogen and oxygen atoms in total. The lowest BCUT2D eigenvalue weighted by Gasteiger charge is -2.13. The highest BCUT2D eigenvalue weighted by Gasteiger charge is 2.19. The molecule has 3 N–H and O–H groups in total. The van der Waals surface area contributed by atoms with Gasteiger partial charge < -0.3 is 11.1 Å². The van der Waals surface area contributed by atoms with E-state index in [9.17, 15) is 4.79 Å². The smallest absolute Gasteiger partial charge is 0.247 e. The van der Waals surface area contributed by atoms with Gasteiger partial charge in [0, 0.05) is 12.6 Å². The van der Waals surface area contributed by atoms with Crippen molar-refractivity contribution in [2.75, 3.05) is 5.32 Å². The Morgan fingerprint density at radius 1 is 1.38 bits per heavy atom. The predicted octanol–water partition coefficient (Wildman–Crippen LogP) is 2.35. The van der Waals surface area contributed by atoms with Crippen LogP contribution in [0.3, 0.4) is 0 Å². The molecule has 0 saturated carbocycles. The molecule has 0 spiro atoms. The van der Waals surface area contributed by atoms with Crippen molar-refractivity contribution in [2.45, 2.75) is 26.3 Å². The van der Waals surface area contributed by atoms with E-state index in [-0.39, 0.29) is 18.3 Å². The summed E-state index contributed by atoms with van der Waals surface area (Å²) in [6.07, 6.45) is 0.834. The molecule has 1 aromatic carbocycles. The second-order valence-corrected chi connectivity index (χ2v) is 4.78. The minimum absolute atomic E-state index is 0. The minimum atomic E-state index is -0.685. The summed E-state index contributed by atoms with van der Waals surface area (Å²) in [5, 5.41) is 7.24. The molecule has 0 aliphatic heterocycles. The molecule has 114 valence electrons. The number of aryl methyl sites for hydroxylation is 2. The van der Waals surface area contributed by atoms with Crippen LogP contribution < -0.4 is 11.1 Å². The Kier molecular flexibility index (Phi) is 5.93. The molecular weight excluding hydrogens is 288 g/mol. The standard InChI is InChI=1S/C15H20N4O.ClH/c1-4-12-10(2)14(19(3)18-12)17-15(20)13(16)11-8-6-5-7-9-11;/h5-9,13H,4,16H2,1-3H3,(H,17,20);1H/t13-;/m1./s1. The molecule has 1 aromatic heterocycles. The van der Waals surface area contributed by atoms with Crippen LogP contribution in [-0.4, -0.2) is 15.7 Å². The topological polar surface area (TPSA) is 72.9 Å². The van der Waals surface area contributed by atoms with Crippen molar-refractivity contribution in [1.82, 2.24) is 9.78 Å². The SMILES string of the molecule is CCc1nn(C)c(NC(=O)[C@H](N)c2ccccc2)c1C.Cl. The molecule has 0 saturated heterocycles. The van der Waals surface area contributed by atoms with Gasteiger partial charge in [0.15, 0.2) is 0 Å². The van der Waals surface area contributed by atoms with E-state index in [4.69, 9.17) is 5.73 Å². The molecule has 2 aromatic rings. The van der Waals surface area contributed by atoms with Gasteiger partial charge in [-0.25, -0.2) is 0 Å². The van der Waals surface area contributed by atoms with E-state index in [1.807, 2.05) is 51.2 Å². The van der Waals surface area contributed by atoms with Gasteiger partial charge in [-0.15, -0.1) is 12.4 Å². The maximum absolute atomic E-state index is 12.2. The second kappa shape index (κ2) is 7.24. The van der Waals surface area contributed by atoms with Crippen LogP contribution in [0.2, 0.25) is 0 Å². The van der Waals surface area contributed by atoms with Crippen LogP contribution in [0.5, 0.6) is 0 Å². The molecule has 2 rings (SSSR count). The van der Waals surface area contributed by atoms with E-state index in [1.54, 1.807) is 4.68 Å². The number of amides is 1. The number of anilines is 1. The highest BCUT2D eigenvalue weighted by molar-refractivity contribution is 5.95. The number of hydrogen-bond acceptors (Lipinski definition) is 3. The van der Waals surface area contributed by atoms with Crippen LogP contribution in [-0.2, 0) is 18.3 Å². The molecular formula is C15H21ClN4O. The van der Waals surface area contributed by atoms with E-state index in [0.29, 0.717) is 5.82 Å². The number of nitrogens with two attached hydrogens (primary N) is 1. The number of carbonyl (C=O) groups excluding carboxylic acids is 1. The van der Waals surface area contributed by atoms with Crippen molar-refractivity contribution in [3.8, 4) is 0 Å². The Balaban J connectivity index is 0.00000220. The minimum Gasteiger partial charge on any atom is -0.316 e. The summed E-state index contributed by atoms with van der Waals surface area (Å²) in [6, 6.07) is 8.64. The van der Waals surface area contributed by atoms with E-state index in [1.165, 1.54) is 0 Å². The predicted molar refractivity (Wildman–Crippen MR) is 86.6 cm³/mol. The first-order valence-corrected chi connectivity index (χ1v) is 6.68. The summed E-state index contributed by atoms with van der Waals surface area (Å²) < 4.78 is 1.68. The van der Waals surface area contributed by atoms with Gasteiger partial charge in [0.25, 0.3) is 0 Å². The molecule has 0 radical (unpaired) electrons. The van der Waals surface area contributed by atoms with E-state index in [2.05, 4.69) is 10.4 Å². The first-order chi connectivity index (χ1) is 9.54. The third-order valence-electron chi connectivity index (χ3n) is 3.40. The van der Waals surface area contributed by atoms with Gasteiger partial charge >= 0.3 is 0 Å². The van der Waals surface area contributed by atoms with Crippen LogP contribution >= 0.6 is 12.4 Å². The summed E-state index contributed by atoms with van der Waals surface area (Å²) in [6.45, 7) is 3.99. The van der Waals surface area contributed by atoms with Gasteiger partial charge in [-0.3, -0.25) is 9.48 Å². The first-order valence-electron chi connectivity index (χ1n) is 6.68. The van der Waals surface area contributed by atoms with Crippen molar-refractivity contribution >= 4 is 24.1 Å². The molecule has 0 unspecified atom stereocenters. The molecule has 21 heavy (non-hydrogen) atoms. The van der Waals surface area contributed by atoms with E-state index >= 15 is 0 Å².